The molecule has 1 aliphatic carbocycles. The van der Waals surface area contributed by atoms with Crippen molar-refractivity contribution in [1.82, 2.24) is 20.5 Å². The van der Waals surface area contributed by atoms with E-state index in [1.165, 1.54) is 17.4 Å². The molecular formula is C25H31F3N4O4S. The maximum atomic E-state index is 12.9. The molecule has 4 rings (SSSR count). The summed E-state index contributed by atoms with van der Waals surface area (Å²) in [6.07, 6.45) is 0.851. The zero-order valence-electron chi connectivity index (χ0n) is 20.5. The first-order valence-electron chi connectivity index (χ1n) is 12.2. The number of carbonyl (C=O) groups is 2. The molecule has 37 heavy (non-hydrogen) atoms. The lowest BCUT2D eigenvalue weighted by Crippen LogP contribution is -2.45. The fraction of sp³-hybridized carbons (Fsp3) is 0.560. The van der Waals surface area contributed by atoms with Crippen LogP contribution in [-0.2, 0) is 27.9 Å². The number of carbonyl (C=O) groups excluding carboxylic acids is 2. The smallest absolute Gasteiger partial charge is 0.383 e. The topological polar surface area (TPSA) is 104 Å². The van der Waals surface area contributed by atoms with Crippen molar-refractivity contribution in [3.05, 3.63) is 51.5 Å². The van der Waals surface area contributed by atoms with Gasteiger partial charge in [0.2, 0.25) is 5.91 Å². The molecule has 202 valence electrons. The normalized spacial score (nSPS) is 24.7. The lowest BCUT2D eigenvalue weighted by molar-refractivity contribution is -0.137. The molecule has 1 aliphatic heterocycles. The van der Waals surface area contributed by atoms with Gasteiger partial charge in [-0.25, -0.2) is 4.98 Å². The van der Waals surface area contributed by atoms with Gasteiger partial charge in [-0.2, -0.15) is 13.2 Å². The number of likely N-dealkylation sites (tertiary alicyclic amines) is 1. The van der Waals surface area contributed by atoms with E-state index in [1.54, 1.807) is 13.3 Å². The van der Waals surface area contributed by atoms with Crippen molar-refractivity contribution in [2.45, 2.75) is 62.6 Å². The van der Waals surface area contributed by atoms with Gasteiger partial charge in [0, 0.05) is 44.0 Å². The second-order valence-corrected chi connectivity index (χ2v) is 10.8. The molecule has 3 N–H and O–H groups in total. The monoisotopic (exact) mass is 540 g/mol. The maximum absolute atomic E-state index is 12.9. The fourth-order valence-corrected chi connectivity index (χ4v) is 6.04. The summed E-state index contributed by atoms with van der Waals surface area (Å²) in [4.78, 5) is 32.3. The van der Waals surface area contributed by atoms with E-state index in [2.05, 4.69) is 20.5 Å². The zero-order valence-corrected chi connectivity index (χ0v) is 21.3. The van der Waals surface area contributed by atoms with Crippen molar-refractivity contribution >= 4 is 23.2 Å². The molecule has 1 atom stereocenters. The van der Waals surface area contributed by atoms with Gasteiger partial charge in [-0.1, -0.05) is 6.07 Å². The van der Waals surface area contributed by atoms with Crippen LogP contribution in [0.1, 0.15) is 57.9 Å². The number of halogens is 3. The number of hydrogen-bond acceptors (Lipinski definition) is 7. The molecular weight excluding hydrogens is 509 g/mol. The maximum Gasteiger partial charge on any atom is 0.416 e. The average Bonchev–Trinajstić information content (AvgIpc) is 3.53. The van der Waals surface area contributed by atoms with Crippen LogP contribution in [0.3, 0.4) is 0 Å². The number of hydrogen-bond donors (Lipinski definition) is 3. The number of nitrogens with zero attached hydrogens (tertiary/aromatic N) is 2. The van der Waals surface area contributed by atoms with Crippen LogP contribution in [0, 0.1) is 0 Å². The van der Waals surface area contributed by atoms with E-state index in [1.807, 2.05) is 0 Å². The summed E-state index contributed by atoms with van der Waals surface area (Å²) >= 11 is 1.48. The largest absolute Gasteiger partial charge is 0.416 e. The van der Waals surface area contributed by atoms with Crippen LogP contribution in [0.15, 0.2) is 30.5 Å². The summed E-state index contributed by atoms with van der Waals surface area (Å²) in [5, 5.41) is 17.2. The summed E-state index contributed by atoms with van der Waals surface area (Å²) in [6.45, 7) is 1.65. The third-order valence-electron chi connectivity index (χ3n) is 6.98. The molecule has 2 aliphatic rings. The van der Waals surface area contributed by atoms with Crippen molar-refractivity contribution in [1.29, 1.82) is 0 Å². The molecule has 1 saturated heterocycles. The van der Waals surface area contributed by atoms with Crippen molar-refractivity contribution in [3.63, 3.8) is 0 Å². The van der Waals surface area contributed by atoms with Crippen LogP contribution in [0.2, 0.25) is 0 Å². The first-order valence-corrected chi connectivity index (χ1v) is 13.0. The van der Waals surface area contributed by atoms with Crippen LogP contribution in [0.25, 0.3) is 0 Å². The molecule has 8 nitrogen and oxygen atoms in total. The van der Waals surface area contributed by atoms with Gasteiger partial charge in [0.1, 0.15) is 10.6 Å². The number of aromatic nitrogens is 1. The summed E-state index contributed by atoms with van der Waals surface area (Å²) in [5.74, 6) is -1.13. The molecule has 0 unspecified atom stereocenters. The van der Waals surface area contributed by atoms with E-state index in [9.17, 15) is 27.9 Å². The molecule has 1 aromatic carbocycles. The summed E-state index contributed by atoms with van der Waals surface area (Å²) in [6, 6.07) is 4.32. The Balaban J connectivity index is 1.21. The second-order valence-electron chi connectivity index (χ2n) is 9.64. The average molecular weight is 541 g/mol. The number of aliphatic hydroxyl groups is 1. The van der Waals surface area contributed by atoms with E-state index in [4.69, 9.17) is 4.74 Å². The van der Waals surface area contributed by atoms with Crippen molar-refractivity contribution in [3.8, 4) is 0 Å². The molecule has 0 bridgehead atoms. The molecule has 1 saturated carbocycles. The number of amides is 2. The zero-order chi connectivity index (χ0) is 26.6. The Morgan fingerprint density at radius 2 is 2.03 bits per heavy atom. The molecule has 0 radical (unpaired) electrons. The fourth-order valence-electron chi connectivity index (χ4n) is 5.01. The second kappa shape index (κ2) is 11.5. The Kier molecular flexibility index (Phi) is 8.52. The van der Waals surface area contributed by atoms with E-state index < -0.39 is 23.2 Å². The number of nitrogens with one attached hydrogen (secondary N) is 2. The highest BCUT2D eigenvalue weighted by Gasteiger charge is 2.40. The van der Waals surface area contributed by atoms with Crippen molar-refractivity contribution < 1.29 is 32.6 Å². The number of rotatable bonds is 8. The third kappa shape index (κ3) is 6.86. The van der Waals surface area contributed by atoms with Crippen LogP contribution < -0.4 is 10.6 Å². The predicted molar refractivity (Wildman–Crippen MR) is 131 cm³/mol. The number of alkyl halides is 3. The highest BCUT2D eigenvalue weighted by molar-refractivity contribution is 7.11. The van der Waals surface area contributed by atoms with Gasteiger partial charge >= 0.3 is 6.18 Å². The minimum atomic E-state index is -4.55. The molecule has 2 amide bonds. The van der Waals surface area contributed by atoms with E-state index in [-0.39, 0.29) is 24.1 Å². The highest BCUT2D eigenvalue weighted by Crippen LogP contribution is 2.40. The van der Waals surface area contributed by atoms with Gasteiger partial charge < -0.3 is 20.5 Å². The van der Waals surface area contributed by atoms with Gasteiger partial charge in [-0.3, -0.25) is 14.5 Å². The van der Waals surface area contributed by atoms with E-state index in [0.29, 0.717) is 32.0 Å². The highest BCUT2D eigenvalue weighted by atomic mass is 32.1. The lowest BCUT2D eigenvalue weighted by Gasteiger charge is -2.38. The van der Waals surface area contributed by atoms with Crippen molar-refractivity contribution in [2.24, 2.45) is 0 Å². The Labute approximate surface area is 217 Å². The van der Waals surface area contributed by atoms with Gasteiger partial charge in [-0.15, -0.1) is 11.3 Å². The first-order chi connectivity index (χ1) is 17.6. The minimum absolute atomic E-state index is 0.0747. The number of thiazole rings is 1. The summed E-state index contributed by atoms with van der Waals surface area (Å²) in [5.41, 5.74) is -1.99. The summed E-state index contributed by atoms with van der Waals surface area (Å²) in [7, 11) is 1.63. The molecule has 2 aromatic rings. The Hall–Kier alpha value is -2.54. The molecule has 12 heteroatoms. The standard InChI is InChI=1S/C25H31F3N4O4S/c1-36-15-20-12-30-23(37-20)24(35)8-5-19(6-9-24)32-10-7-18(14-32)31-21(33)13-29-22(34)16-3-2-4-17(11-16)25(26,27)28/h2-4,11-12,18-19,35H,5-10,13-15H2,1H3,(H,29,34)(H,31,33)/t18-,19?,24?/m1/s1. The third-order valence-corrected chi connectivity index (χ3v) is 8.15. The van der Waals surface area contributed by atoms with Gasteiger partial charge in [-0.05, 0) is 50.3 Å². The number of benzene rings is 1. The Morgan fingerprint density at radius 1 is 1.27 bits per heavy atom. The molecule has 2 heterocycles. The Morgan fingerprint density at radius 3 is 2.73 bits per heavy atom. The van der Waals surface area contributed by atoms with Crippen LogP contribution >= 0.6 is 11.3 Å². The minimum Gasteiger partial charge on any atom is -0.383 e. The Bertz CT molecular complexity index is 1100. The number of ether oxygens (including phenoxy) is 1. The molecule has 2 fully saturated rings. The van der Waals surface area contributed by atoms with Gasteiger partial charge in [0.25, 0.3) is 5.91 Å². The van der Waals surface area contributed by atoms with Crippen LogP contribution in [0.4, 0.5) is 13.2 Å². The lowest BCUT2D eigenvalue weighted by atomic mass is 9.82. The number of methoxy groups -OCH3 is 1. The summed E-state index contributed by atoms with van der Waals surface area (Å²) < 4.78 is 43.7. The first kappa shape index (κ1) is 27.5. The van der Waals surface area contributed by atoms with E-state index in [0.717, 1.165) is 53.9 Å². The van der Waals surface area contributed by atoms with Crippen molar-refractivity contribution in [2.75, 3.05) is 26.7 Å². The van der Waals surface area contributed by atoms with Crippen LogP contribution in [0.5, 0.6) is 0 Å². The SMILES string of the molecule is COCc1cnc(C2(O)CCC(N3CC[C@@H](NC(=O)CNC(=O)c4cccc(C(F)(F)F)c4)C3)CC2)s1. The quantitative estimate of drug-likeness (QED) is 0.476. The van der Waals surface area contributed by atoms with Gasteiger partial charge in [0.05, 0.1) is 23.6 Å². The van der Waals surface area contributed by atoms with E-state index >= 15 is 0 Å². The van der Waals surface area contributed by atoms with Crippen LogP contribution in [-0.4, -0.2) is 65.6 Å². The molecule has 0 spiro atoms. The predicted octanol–water partition coefficient (Wildman–Crippen LogP) is 3.06. The molecule has 1 aromatic heterocycles. The van der Waals surface area contributed by atoms with Gasteiger partial charge in [0.15, 0.2) is 0 Å².